The molecular formula is C18H25N5O2. The standard InChI is InChI=1S/C18H25N5O2/c1-2-25-14-11-13(18(14)8-4-5-9-18)20-17(24)19-12-16-22-21-15-7-3-6-10-23(15)16/h3,6-7,10,13-14H,2,4-5,8-9,11-12H2,1H3,(H2,19,20,24)/t13-,14-/m0/s1. The maximum Gasteiger partial charge on any atom is 0.315 e. The van der Waals surface area contributed by atoms with Crippen molar-refractivity contribution >= 4 is 11.7 Å². The molecule has 2 saturated carbocycles. The number of carbonyl (C=O) groups is 1. The zero-order valence-corrected chi connectivity index (χ0v) is 14.6. The molecule has 1 spiro atoms. The fraction of sp³-hybridized carbons (Fsp3) is 0.611. The summed E-state index contributed by atoms with van der Waals surface area (Å²) < 4.78 is 7.78. The summed E-state index contributed by atoms with van der Waals surface area (Å²) in [5.74, 6) is 0.724. The van der Waals surface area contributed by atoms with Crippen LogP contribution in [0.2, 0.25) is 0 Å². The fourth-order valence-electron chi connectivity index (χ4n) is 4.47. The summed E-state index contributed by atoms with van der Waals surface area (Å²) in [6.45, 7) is 3.13. The van der Waals surface area contributed by atoms with Crippen LogP contribution in [-0.2, 0) is 11.3 Å². The first-order valence-corrected chi connectivity index (χ1v) is 9.17. The van der Waals surface area contributed by atoms with Gasteiger partial charge in [0.2, 0.25) is 0 Å². The summed E-state index contributed by atoms with van der Waals surface area (Å²) in [4.78, 5) is 12.4. The van der Waals surface area contributed by atoms with Crippen molar-refractivity contribution in [1.82, 2.24) is 25.2 Å². The SMILES string of the molecule is CCO[C@H]1C[C@H](NC(=O)NCc2nnc3ccccn23)C12CCCC2. The molecule has 2 aliphatic rings. The number of rotatable bonds is 5. The first-order chi connectivity index (χ1) is 12.2. The van der Waals surface area contributed by atoms with Crippen molar-refractivity contribution in [2.45, 2.75) is 57.7 Å². The molecule has 134 valence electrons. The van der Waals surface area contributed by atoms with Crippen molar-refractivity contribution in [2.24, 2.45) is 5.41 Å². The van der Waals surface area contributed by atoms with E-state index < -0.39 is 0 Å². The molecule has 4 rings (SSSR count). The van der Waals surface area contributed by atoms with Gasteiger partial charge in [-0.15, -0.1) is 10.2 Å². The molecule has 0 saturated heterocycles. The van der Waals surface area contributed by atoms with E-state index in [9.17, 15) is 4.79 Å². The number of nitrogens with zero attached hydrogens (tertiary/aromatic N) is 3. The van der Waals surface area contributed by atoms with Crippen LogP contribution in [0.3, 0.4) is 0 Å². The van der Waals surface area contributed by atoms with E-state index in [2.05, 4.69) is 20.8 Å². The maximum absolute atomic E-state index is 12.4. The molecule has 2 aromatic rings. The summed E-state index contributed by atoms with van der Waals surface area (Å²) in [6, 6.07) is 5.80. The molecule has 2 aromatic heterocycles. The number of ether oxygens (including phenoxy) is 1. The van der Waals surface area contributed by atoms with Crippen LogP contribution in [0.5, 0.6) is 0 Å². The van der Waals surface area contributed by atoms with Gasteiger partial charge >= 0.3 is 6.03 Å². The lowest BCUT2D eigenvalue weighted by Crippen LogP contribution is -2.64. The van der Waals surface area contributed by atoms with E-state index in [0.717, 1.165) is 37.3 Å². The molecule has 2 amide bonds. The van der Waals surface area contributed by atoms with Crippen molar-refractivity contribution < 1.29 is 9.53 Å². The summed E-state index contributed by atoms with van der Waals surface area (Å²) >= 11 is 0. The van der Waals surface area contributed by atoms with Crippen molar-refractivity contribution in [3.63, 3.8) is 0 Å². The maximum atomic E-state index is 12.4. The molecule has 2 aliphatic carbocycles. The molecule has 2 heterocycles. The van der Waals surface area contributed by atoms with Crippen LogP contribution in [0.1, 0.15) is 44.9 Å². The highest BCUT2D eigenvalue weighted by atomic mass is 16.5. The second-order valence-electron chi connectivity index (χ2n) is 7.04. The van der Waals surface area contributed by atoms with Crippen LogP contribution in [0.4, 0.5) is 4.79 Å². The van der Waals surface area contributed by atoms with E-state index in [-0.39, 0.29) is 17.5 Å². The third-order valence-electron chi connectivity index (χ3n) is 5.78. The Kier molecular flexibility index (Phi) is 4.33. The van der Waals surface area contributed by atoms with Crippen molar-refractivity contribution in [2.75, 3.05) is 6.61 Å². The zero-order chi connectivity index (χ0) is 17.3. The van der Waals surface area contributed by atoms with Crippen molar-refractivity contribution in [1.29, 1.82) is 0 Å². The van der Waals surface area contributed by atoms with Crippen LogP contribution in [0.25, 0.3) is 5.65 Å². The lowest BCUT2D eigenvalue weighted by molar-refractivity contribution is -0.126. The molecule has 0 aromatic carbocycles. The van der Waals surface area contributed by atoms with Gasteiger partial charge in [0.05, 0.1) is 12.6 Å². The van der Waals surface area contributed by atoms with E-state index in [0.29, 0.717) is 12.6 Å². The summed E-state index contributed by atoms with van der Waals surface area (Å²) in [7, 11) is 0. The number of hydrogen-bond donors (Lipinski definition) is 2. The van der Waals surface area contributed by atoms with Crippen molar-refractivity contribution in [3.8, 4) is 0 Å². The van der Waals surface area contributed by atoms with Crippen LogP contribution in [0, 0.1) is 5.41 Å². The number of nitrogens with one attached hydrogen (secondary N) is 2. The second kappa shape index (κ2) is 6.63. The third-order valence-corrected chi connectivity index (χ3v) is 5.78. The number of urea groups is 1. The first kappa shape index (κ1) is 16.3. The molecule has 7 nitrogen and oxygen atoms in total. The predicted octanol–water partition coefficient (Wildman–Crippen LogP) is 2.27. The average molecular weight is 343 g/mol. The molecule has 0 bridgehead atoms. The highest BCUT2D eigenvalue weighted by Crippen LogP contribution is 2.54. The Morgan fingerprint density at radius 3 is 3.00 bits per heavy atom. The fourth-order valence-corrected chi connectivity index (χ4v) is 4.47. The Morgan fingerprint density at radius 1 is 1.36 bits per heavy atom. The number of carbonyl (C=O) groups excluding carboxylic acids is 1. The summed E-state index contributed by atoms with van der Waals surface area (Å²) in [5, 5.41) is 14.3. The molecule has 2 atom stereocenters. The summed E-state index contributed by atoms with van der Waals surface area (Å²) in [6.07, 6.45) is 7.87. The minimum absolute atomic E-state index is 0.140. The van der Waals surface area contributed by atoms with Gasteiger partial charge in [-0.05, 0) is 38.3 Å². The number of amides is 2. The highest BCUT2D eigenvalue weighted by Gasteiger charge is 2.57. The summed E-state index contributed by atoms with van der Waals surface area (Å²) in [5.41, 5.74) is 0.928. The first-order valence-electron chi connectivity index (χ1n) is 9.17. The molecule has 2 N–H and O–H groups in total. The lowest BCUT2D eigenvalue weighted by atomic mass is 9.60. The van der Waals surface area contributed by atoms with Gasteiger partial charge in [-0.1, -0.05) is 18.9 Å². The number of fused-ring (bicyclic) bond motifs is 1. The van der Waals surface area contributed by atoms with Gasteiger partial charge in [0.15, 0.2) is 11.5 Å². The van der Waals surface area contributed by atoms with E-state index >= 15 is 0 Å². The molecule has 7 heteroatoms. The second-order valence-corrected chi connectivity index (χ2v) is 7.04. The average Bonchev–Trinajstić information content (AvgIpc) is 3.28. The smallest absolute Gasteiger partial charge is 0.315 e. The van der Waals surface area contributed by atoms with Gasteiger partial charge in [0.1, 0.15) is 0 Å². The number of pyridine rings is 1. The zero-order valence-electron chi connectivity index (χ0n) is 14.6. The monoisotopic (exact) mass is 343 g/mol. The molecule has 0 unspecified atom stereocenters. The van der Waals surface area contributed by atoms with E-state index in [1.165, 1.54) is 12.8 Å². The molecular weight excluding hydrogens is 318 g/mol. The molecule has 2 fully saturated rings. The molecule has 0 radical (unpaired) electrons. The van der Waals surface area contributed by atoms with Gasteiger partial charge in [-0.3, -0.25) is 4.40 Å². The van der Waals surface area contributed by atoms with E-state index in [1.807, 2.05) is 35.7 Å². The molecule has 25 heavy (non-hydrogen) atoms. The minimum Gasteiger partial charge on any atom is -0.378 e. The van der Waals surface area contributed by atoms with Crippen LogP contribution in [-0.4, -0.2) is 39.4 Å². The number of hydrogen-bond acceptors (Lipinski definition) is 4. The predicted molar refractivity (Wildman–Crippen MR) is 93.1 cm³/mol. The largest absolute Gasteiger partial charge is 0.378 e. The Balaban J connectivity index is 1.35. The third kappa shape index (κ3) is 2.86. The lowest BCUT2D eigenvalue weighted by Gasteiger charge is -2.53. The van der Waals surface area contributed by atoms with Gasteiger partial charge in [0, 0.05) is 24.3 Å². The Bertz CT molecular complexity index is 753. The normalized spacial score (nSPS) is 24.4. The highest BCUT2D eigenvalue weighted by molar-refractivity contribution is 5.74. The topological polar surface area (TPSA) is 80.5 Å². The number of aromatic nitrogens is 3. The van der Waals surface area contributed by atoms with Gasteiger partial charge in [0.25, 0.3) is 0 Å². The Labute approximate surface area is 147 Å². The van der Waals surface area contributed by atoms with Crippen molar-refractivity contribution in [3.05, 3.63) is 30.2 Å². The van der Waals surface area contributed by atoms with Crippen LogP contribution in [0.15, 0.2) is 24.4 Å². The minimum atomic E-state index is -0.140. The Morgan fingerprint density at radius 2 is 2.20 bits per heavy atom. The Hall–Kier alpha value is -2.15. The van der Waals surface area contributed by atoms with Gasteiger partial charge in [-0.2, -0.15) is 0 Å². The quantitative estimate of drug-likeness (QED) is 0.873. The van der Waals surface area contributed by atoms with Crippen LogP contribution >= 0.6 is 0 Å². The van der Waals surface area contributed by atoms with Crippen LogP contribution < -0.4 is 10.6 Å². The van der Waals surface area contributed by atoms with E-state index in [1.54, 1.807) is 0 Å². The van der Waals surface area contributed by atoms with Gasteiger partial charge < -0.3 is 15.4 Å². The van der Waals surface area contributed by atoms with Gasteiger partial charge in [-0.25, -0.2) is 4.79 Å². The molecule has 0 aliphatic heterocycles. The van der Waals surface area contributed by atoms with E-state index in [4.69, 9.17) is 4.74 Å².